The number of benzene rings is 1. The molecule has 2 rings (SSSR count). The highest BCUT2D eigenvalue weighted by molar-refractivity contribution is 7.92. The van der Waals surface area contributed by atoms with Crippen LogP contribution in [0.15, 0.2) is 41.4 Å². The monoisotopic (exact) mass is 325 g/mol. The SMILES string of the molecule is CCC(C)c1ccc(S(=O)(=O)Nc2ccnc(Cl)n2)cc1. The van der Waals surface area contributed by atoms with E-state index in [4.69, 9.17) is 11.6 Å². The van der Waals surface area contributed by atoms with Gasteiger partial charge >= 0.3 is 0 Å². The number of sulfonamides is 1. The molecule has 0 amide bonds. The van der Waals surface area contributed by atoms with Gasteiger partial charge in [0.25, 0.3) is 10.0 Å². The fourth-order valence-corrected chi connectivity index (χ4v) is 2.95. The Morgan fingerprint density at radius 3 is 2.48 bits per heavy atom. The molecule has 0 saturated heterocycles. The molecule has 1 unspecified atom stereocenters. The first-order valence-electron chi connectivity index (χ1n) is 6.53. The topological polar surface area (TPSA) is 72.0 Å². The Bertz CT molecular complexity index is 717. The van der Waals surface area contributed by atoms with Crippen molar-refractivity contribution in [1.29, 1.82) is 0 Å². The van der Waals surface area contributed by atoms with Crippen molar-refractivity contribution in [3.63, 3.8) is 0 Å². The maximum atomic E-state index is 12.2. The molecular formula is C14H16ClN3O2S. The highest BCUT2D eigenvalue weighted by atomic mass is 35.5. The van der Waals surface area contributed by atoms with E-state index in [2.05, 4.69) is 28.5 Å². The molecule has 0 radical (unpaired) electrons. The molecule has 21 heavy (non-hydrogen) atoms. The minimum atomic E-state index is -3.68. The molecule has 2 aromatic rings. The van der Waals surface area contributed by atoms with Gasteiger partial charge in [-0.15, -0.1) is 0 Å². The summed E-state index contributed by atoms with van der Waals surface area (Å²) in [4.78, 5) is 7.69. The van der Waals surface area contributed by atoms with Gasteiger partial charge in [0.2, 0.25) is 5.28 Å². The van der Waals surface area contributed by atoms with E-state index < -0.39 is 10.0 Å². The van der Waals surface area contributed by atoms with Crippen LogP contribution < -0.4 is 4.72 Å². The van der Waals surface area contributed by atoms with Crippen molar-refractivity contribution >= 4 is 27.4 Å². The Morgan fingerprint density at radius 2 is 1.90 bits per heavy atom. The first-order valence-corrected chi connectivity index (χ1v) is 8.40. The summed E-state index contributed by atoms with van der Waals surface area (Å²) in [6.45, 7) is 4.19. The van der Waals surface area contributed by atoms with Gasteiger partial charge in [0.15, 0.2) is 0 Å². The van der Waals surface area contributed by atoms with Gasteiger partial charge in [0.05, 0.1) is 4.90 Å². The lowest BCUT2D eigenvalue weighted by atomic mass is 9.99. The molecule has 1 aromatic carbocycles. The van der Waals surface area contributed by atoms with Crippen molar-refractivity contribution in [2.45, 2.75) is 31.1 Å². The van der Waals surface area contributed by atoms with Crippen molar-refractivity contribution in [2.75, 3.05) is 4.72 Å². The van der Waals surface area contributed by atoms with Crippen LogP contribution in [0.25, 0.3) is 0 Å². The third-order valence-corrected chi connectivity index (χ3v) is 4.79. The smallest absolute Gasteiger partial charge is 0.263 e. The molecule has 1 aromatic heterocycles. The molecule has 0 spiro atoms. The third kappa shape index (κ3) is 3.92. The number of aromatic nitrogens is 2. The highest BCUT2D eigenvalue weighted by Gasteiger charge is 2.15. The zero-order valence-corrected chi connectivity index (χ0v) is 13.3. The number of hydrogen-bond acceptors (Lipinski definition) is 4. The number of halogens is 1. The number of rotatable bonds is 5. The van der Waals surface area contributed by atoms with Gasteiger partial charge in [-0.25, -0.2) is 13.4 Å². The summed E-state index contributed by atoms with van der Waals surface area (Å²) in [6, 6.07) is 8.28. The van der Waals surface area contributed by atoms with Crippen LogP contribution in [-0.4, -0.2) is 18.4 Å². The molecule has 0 aliphatic heterocycles. The zero-order chi connectivity index (χ0) is 15.5. The predicted octanol–water partition coefficient (Wildman–Crippen LogP) is 3.44. The first kappa shape index (κ1) is 15.7. The Balaban J connectivity index is 2.23. The second kappa shape index (κ2) is 6.41. The molecule has 0 saturated carbocycles. The fourth-order valence-electron chi connectivity index (χ4n) is 1.80. The van der Waals surface area contributed by atoms with E-state index in [-0.39, 0.29) is 16.0 Å². The van der Waals surface area contributed by atoms with Crippen molar-refractivity contribution in [1.82, 2.24) is 9.97 Å². The van der Waals surface area contributed by atoms with Crippen LogP contribution in [0.2, 0.25) is 5.28 Å². The van der Waals surface area contributed by atoms with Gasteiger partial charge in [-0.1, -0.05) is 26.0 Å². The third-order valence-electron chi connectivity index (χ3n) is 3.24. The Morgan fingerprint density at radius 1 is 1.24 bits per heavy atom. The van der Waals surface area contributed by atoms with Crippen LogP contribution in [0.1, 0.15) is 31.7 Å². The minimum Gasteiger partial charge on any atom is -0.263 e. The molecule has 1 atom stereocenters. The van der Waals surface area contributed by atoms with Crippen molar-refractivity contribution in [3.05, 3.63) is 47.4 Å². The lowest BCUT2D eigenvalue weighted by molar-refractivity contribution is 0.601. The van der Waals surface area contributed by atoms with Crippen LogP contribution in [-0.2, 0) is 10.0 Å². The average molecular weight is 326 g/mol. The number of anilines is 1. The Kier molecular flexibility index (Phi) is 4.80. The summed E-state index contributed by atoms with van der Waals surface area (Å²) in [5, 5.41) is -0.0117. The van der Waals surface area contributed by atoms with Crippen LogP contribution in [0, 0.1) is 0 Å². The Labute approximate surface area is 129 Å². The molecule has 0 fully saturated rings. The van der Waals surface area contributed by atoms with E-state index in [0.717, 1.165) is 12.0 Å². The molecule has 7 heteroatoms. The van der Waals surface area contributed by atoms with Gasteiger partial charge in [0, 0.05) is 6.20 Å². The van der Waals surface area contributed by atoms with Crippen LogP contribution in [0.3, 0.4) is 0 Å². The van der Waals surface area contributed by atoms with Crippen LogP contribution in [0.4, 0.5) is 5.82 Å². The maximum absolute atomic E-state index is 12.2. The summed E-state index contributed by atoms with van der Waals surface area (Å²) in [5.74, 6) is 0.538. The molecule has 1 N–H and O–H groups in total. The lowest BCUT2D eigenvalue weighted by Gasteiger charge is -2.11. The van der Waals surface area contributed by atoms with Crippen molar-refractivity contribution in [3.8, 4) is 0 Å². The van der Waals surface area contributed by atoms with Gasteiger partial charge in [0.1, 0.15) is 5.82 Å². The van der Waals surface area contributed by atoms with E-state index in [1.54, 1.807) is 12.1 Å². The summed E-state index contributed by atoms with van der Waals surface area (Å²) in [7, 11) is -3.68. The fraction of sp³-hybridized carbons (Fsp3) is 0.286. The van der Waals surface area contributed by atoms with Gasteiger partial charge in [-0.3, -0.25) is 4.72 Å². The van der Waals surface area contributed by atoms with Crippen LogP contribution >= 0.6 is 11.6 Å². The predicted molar refractivity (Wildman–Crippen MR) is 83.0 cm³/mol. The average Bonchev–Trinajstić information content (AvgIpc) is 2.46. The molecule has 1 heterocycles. The summed E-state index contributed by atoms with van der Waals surface area (Å²) in [5.41, 5.74) is 1.11. The second-order valence-corrected chi connectivity index (χ2v) is 6.72. The van der Waals surface area contributed by atoms with E-state index in [0.29, 0.717) is 5.92 Å². The summed E-state index contributed by atoms with van der Waals surface area (Å²) < 4.78 is 26.9. The van der Waals surface area contributed by atoms with Crippen LogP contribution in [0.5, 0.6) is 0 Å². The molecule has 0 bridgehead atoms. The first-order chi connectivity index (χ1) is 9.92. The lowest BCUT2D eigenvalue weighted by Crippen LogP contribution is -2.14. The second-order valence-electron chi connectivity index (χ2n) is 4.69. The molecule has 0 aliphatic rings. The van der Waals surface area contributed by atoms with Gasteiger partial charge < -0.3 is 0 Å². The van der Waals surface area contributed by atoms with Gasteiger partial charge in [-0.2, -0.15) is 4.98 Å². The standard InChI is InChI=1S/C14H16ClN3O2S/c1-3-10(2)11-4-6-12(7-5-11)21(19,20)18-13-8-9-16-14(15)17-13/h4-10H,3H2,1-2H3,(H,16,17,18). The molecular weight excluding hydrogens is 310 g/mol. The van der Waals surface area contributed by atoms with E-state index in [1.807, 2.05) is 12.1 Å². The highest BCUT2D eigenvalue weighted by Crippen LogP contribution is 2.21. The number of hydrogen-bond donors (Lipinski definition) is 1. The maximum Gasteiger partial charge on any atom is 0.263 e. The minimum absolute atomic E-state index is 0.0117. The Hall–Kier alpha value is -1.66. The quantitative estimate of drug-likeness (QED) is 0.855. The van der Waals surface area contributed by atoms with E-state index in [1.165, 1.54) is 12.3 Å². The normalized spacial score (nSPS) is 12.9. The molecule has 5 nitrogen and oxygen atoms in total. The van der Waals surface area contributed by atoms with E-state index in [9.17, 15) is 8.42 Å². The van der Waals surface area contributed by atoms with Crippen molar-refractivity contribution < 1.29 is 8.42 Å². The number of nitrogens with one attached hydrogen (secondary N) is 1. The molecule has 0 aliphatic carbocycles. The summed E-state index contributed by atoms with van der Waals surface area (Å²) >= 11 is 5.63. The van der Waals surface area contributed by atoms with Gasteiger partial charge in [-0.05, 0) is 47.7 Å². The van der Waals surface area contributed by atoms with E-state index >= 15 is 0 Å². The number of nitrogens with zero attached hydrogens (tertiary/aromatic N) is 2. The zero-order valence-electron chi connectivity index (χ0n) is 11.7. The summed E-state index contributed by atoms with van der Waals surface area (Å²) in [6.07, 6.45) is 2.39. The molecule has 112 valence electrons. The largest absolute Gasteiger partial charge is 0.263 e. The van der Waals surface area contributed by atoms with Crippen molar-refractivity contribution in [2.24, 2.45) is 0 Å².